The maximum absolute atomic E-state index is 11.8. The second kappa shape index (κ2) is 5.14. The lowest BCUT2D eigenvalue weighted by atomic mass is 10.1. The maximum atomic E-state index is 11.8. The number of hydrogen-bond donors (Lipinski definition) is 3. The third-order valence-electron chi connectivity index (χ3n) is 2.60. The van der Waals surface area contributed by atoms with Gasteiger partial charge in [-0.25, -0.2) is 4.79 Å². The summed E-state index contributed by atoms with van der Waals surface area (Å²) in [5.41, 5.74) is 0. The SMILES string of the molecule is O=C(On1c(O)ccc1O)[C@H]1CS[C@H](CS)C1. The number of aromatic nitrogens is 1. The molecule has 94 valence electrons. The maximum Gasteiger partial charge on any atom is 0.337 e. The quantitative estimate of drug-likeness (QED) is 0.715. The van der Waals surface area contributed by atoms with Gasteiger partial charge in [0.2, 0.25) is 11.8 Å². The number of aromatic hydroxyl groups is 2. The number of nitrogens with zero attached hydrogens (tertiary/aromatic N) is 1. The lowest BCUT2D eigenvalue weighted by Crippen LogP contribution is -2.27. The van der Waals surface area contributed by atoms with Crippen molar-refractivity contribution in [3.63, 3.8) is 0 Å². The zero-order valence-corrected chi connectivity index (χ0v) is 10.7. The van der Waals surface area contributed by atoms with E-state index in [1.54, 1.807) is 11.8 Å². The van der Waals surface area contributed by atoms with E-state index in [0.717, 1.165) is 16.9 Å². The van der Waals surface area contributed by atoms with Crippen molar-refractivity contribution in [3.8, 4) is 11.8 Å². The highest BCUT2D eigenvalue weighted by atomic mass is 32.2. The Balaban J connectivity index is 1.98. The Kier molecular flexibility index (Phi) is 3.78. The molecule has 0 saturated carbocycles. The summed E-state index contributed by atoms with van der Waals surface area (Å²) in [6.07, 6.45) is 0.718. The number of carbonyl (C=O) groups excluding carboxylic acids is 1. The Labute approximate surface area is 108 Å². The lowest BCUT2D eigenvalue weighted by Gasteiger charge is -2.10. The minimum Gasteiger partial charge on any atom is -0.492 e. The van der Waals surface area contributed by atoms with Gasteiger partial charge in [-0.15, -0.1) is 4.73 Å². The van der Waals surface area contributed by atoms with E-state index in [9.17, 15) is 15.0 Å². The van der Waals surface area contributed by atoms with Crippen LogP contribution in [0.1, 0.15) is 6.42 Å². The van der Waals surface area contributed by atoms with Crippen LogP contribution in [-0.2, 0) is 4.79 Å². The molecule has 0 aromatic carbocycles. The predicted octanol–water partition coefficient (Wildman–Crippen LogP) is 0.906. The van der Waals surface area contributed by atoms with Gasteiger partial charge < -0.3 is 15.1 Å². The zero-order valence-electron chi connectivity index (χ0n) is 8.94. The van der Waals surface area contributed by atoms with Gasteiger partial charge in [0, 0.05) is 28.9 Å². The molecule has 5 nitrogen and oxygen atoms in total. The van der Waals surface area contributed by atoms with Crippen LogP contribution in [0.3, 0.4) is 0 Å². The van der Waals surface area contributed by atoms with Crippen LogP contribution in [0.2, 0.25) is 0 Å². The van der Waals surface area contributed by atoms with Crippen molar-refractivity contribution in [3.05, 3.63) is 12.1 Å². The zero-order chi connectivity index (χ0) is 12.4. The molecular weight excluding hydrogens is 262 g/mol. The summed E-state index contributed by atoms with van der Waals surface area (Å²) in [5.74, 6) is 0.169. The lowest BCUT2D eigenvalue weighted by molar-refractivity contribution is -0.149. The number of carbonyl (C=O) groups is 1. The van der Waals surface area contributed by atoms with Gasteiger partial charge in [-0.05, 0) is 6.42 Å². The molecule has 0 unspecified atom stereocenters. The van der Waals surface area contributed by atoms with Crippen molar-refractivity contribution in [1.82, 2.24) is 4.73 Å². The average Bonchev–Trinajstić information content (AvgIpc) is 2.90. The number of rotatable bonds is 3. The first-order chi connectivity index (χ1) is 8.11. The first-order valence-corrected chi connectivity index (χ1v) is 6.84. The van der Waals surface area contributed by atoms with Crippen molar-refractivity contribution < 1.29 is 19.8 Å². The highest BCUT2D eigenvalue weighted by Gasteiger charge is 2.32. The third kappa shape index (κ3) is 2.66. The van der Waals surface area contributed by atoms with E-state index in [2.05, 4.69) is 12.6 Å². The van der Waals surface area contributed by atoms with E-state index < -0.39 is 5.97 Å². The molecule has 2 atom stereocenters. The Morgan fingerprint density at radius 3 is 2.71 bits per heavy atom. The monoisotopic (exact) mass is 275 g/mol. The molecule has 17 heavy (non-hydrogen) atoms. The molecule has 1 fully saturated rings. The van der Waals surface area contributed by atoms with E-state index in [0.29, 0.717) is 11.0 Å². The largest absolute Gasteiger partial charge is 0.492 e. The fraction of sp³-hybridized carbons (Fsp3) is 0.500. The van der Waals surface area contributed by atoms with E-state index in [-0.39, 0.29) is 17.7 Å². The molecule has 1 aromatic rings. The van der Waals surface area contributed by atoms with Gasteiger partial charge in [0.1, 0.15) is 0 Å². The van der Waals surface area contributed by atoms with E-state index >= 15 is 0 Å². The van der Waals surface area contributed by atoms with Crippen LogP contribution >= 0.6 is 24.4 Å². The van der Waals surface area contributed by atoms with Gasteiger partial charge in [0.15, 0.2) is 0 Å². The van der Waals surface area contributed by atoms with Crippen LogP contribution in [0.15, 0.2) is 12.1 Å². The molecule has 2 heterocycles. The molecule has 2 N–H and O–H groups in total. The van der Waals surface area contributed by atoms with Gasteiger partial charge in [0.25, 0.3) is 0 Å². The second-order valence-electron chi connectivity index (χ2n) is 3.82. The van der Waals surface area contributed by atoms with Gasteiger partial charge in [-0.1, -0.05) is 0 Å². The van der Waals surface area contributed by atoms with Crippen molar-refractivity contribution in [2.24, 2.45) is 5.92 Å². The standard InChI is InChI=1S/C10H13NO4S2/c12-8-1-2-9(13)11(8)15-10(14)6-3-7(4-16)17-5-6/h1-2,6-7,12-13,16H,3-5H2/t6-,7+/m1/s1. The molecule has 0 spiro atoms. The summed E-state index contributed by atoms with van der Waals surface area (Å²) >= 11 is 5.88. The molecule has 0 bridgehead atoms. The molecule has 2 rings (SSSR count). The fourth-order valence-electron chi connectivity index (χ4n) is 1.66. The van der Waals surface area contributed by atoms with Gasteiger partial charge >= 0.3 is 5.97 Å². The molecule has 1 aromatic heterocycles. The van der Waals surface area contributed by atoms with Gasteiger partial charge in [-0.3, -0.25) is 0 Å². The van der Waals surface area contributed by atoms with E-state index in [1.807, 2.05) is 0 Å². The first-order valence-electron chi connectivity index (χ1n) is 5.16. The first kappa shape index (κ1) is 12.5. The average molecular weight is 275 g/mol. The molecular formula is C10H13NO4S2. The Bertz CT molecular complexity index is 401. The van der Waals surface area contributed by atoms with Crippen LogP contribution < -0.4 is 4.84 Å². The molecule has 0 radical (unpaired) electrons. The van der Waals surface area contributed by atoms with Gasteiger partial charge in [0.05, 0.1) is 5.92 Å². The summed E-state index contributed by atoms with van der Waals surface area (Å²) in [5, 5.41) is 19.0. The summed E-state index contributed by atoms with van der Waals surface area (Å²) in [7, 11) is 0. The van der Waals surface area contributed by atoms with Gasteiger partial charge in [-0.2, -0.15) is 24.4 Å². The topological polar surface area (TPSA) is 71.7 Å². The van der Waals surface area contributed by atoms with E-state index in [4.69, 9.17) is 4.84 Å². The van der Waals surface area contributed by atoms with Crippen LogP contribution in [0, 0.1) is 5.92 Å². The minimum atomic E-state index is -0.441. The summed E-state index contributed by atoms with van der Waals surface area (Å²) in [4.78, 5) is 16.7. The minimum absolute atomic E-state index is 0.210. The Morgan fingerprint density at radius 1 is 1.53 bits per heavy atom. The summed E-state index contributed by atoms with van der Waals surface area (Å²) in [6, 6.07) is 2.51. The second-order valence-corrected chi connectivity index (χ2v) is 5.52. The van der Waals surface area contributed by atoms with Crippen molar-refractivity contribution >= 4 is 30.4 Å². The molecule has 0 aliphatic carbocycles. The van der Waals surface area contributed by atoms with Crippen molar-refractivity contribution in [2.75, 3.05) is 11.5 Å². The molecule has 1 aliphatic heterocycles. The van der Waals surface area contributed by atoms with Crippen molar-refractivity contribution in [1.29, 1.82) is 0 Å². The molecule has 7 heteroatoms. The highest BCUT2D eigenvalue weighted by molar-refractivity contribution is 8.00. The fourth-order valence-corrected chi connectivity index (χ4v) is 3.37. The number of hydrogen-bond acceptors (Lipinski definition) is 6. The van der Waals surface area contributed by atoms with Crippen LogP contribution in [-0.4, -0.2) is 37.7 Å². The number of thiol groups is 1. The van der Waals surface area contributed by atoms with Crippen molar-refractivity contribution in [2.45, 2.75) is 11.7 Å². The van der Waals surface area contributed by atoms with E-state index in [1.165, 1.54) is 12.1 Å². The number of thioether (sulfide) groups is 1. The molecule has 1 saturated heterocycles. The summed E-state index contributed by atoms with van der Waals surface area (Å²) in [6.45, 7) is 0. The third-order valence-corrected chi connectivity index (χ3v) is 4.71. The van der Waals surface area contributed by atoms with Crippen LogP contribution in [0.4, 0.5) is 0 Å². The predicted molar refractivity (Wildman–Crippen MR) is 67.6 cm³/mol. The van der Waals surface area contributed by atoms with Crippen LogP contribution in [0.25, 0.3) is 0 Å². The molecule has 1 aliphatic rings. The Hall–Kier alpha value is -0.950. The normalized spacial score (nSPS) is 23.8. The molecule has 0 amide bonds. The summed E-state index contributed by atoms with van der Waals surface area (Å²) < 4.78 is 0.723. The smallest absolute Gasteiger partial charge is 0.337 e. The Morgan fingerprint density at radius 2 is 2.18 bits per heavy atom. The van der Waals surface area contributed by atoms with Crippen LogP contribution in [0.5, 0.6) is 11.8 Å². The highest BCUT2D eigenvalue weighted by Crippen LogP contribution is 2.32.